The van der Waals surface area contributed by atoms with E-state index in [-0.39, 0.29) is 5.97 Å². The predicted octanol–water partition coefficient (Wildman–Crippen LogP) is 4.73. The third kappa shape index (κ3) is 4.02. The Hall–Kier alpha value is -2.88. The number of hydrogen-bond acceptors (Lipinski definition) is 3. The van der Waals surface area contributed by atoms with Crippen molar-refractivity contribution < 1.29 is 9.53 Å². The number of esters is 1. The van der Waals surface area contributed by atoms with Crippen LogP contribution in [0.4, 0.5) is 0 Å². The van der Waals surface area contributed by atoms with Crippen LogP contribution in [-0.4, -0.2) is 22.6 Å². The van der Waals surface area contributed by atoms with Gasteiger partial charge in [-0.05, 0) is 29.2 Å². The molecule has 0 spiro atoms. The third-order valence-electron chi connectivity index (χ3n) is 4.51. The van der Waals surface area contributed by atoms with Gasteiger partial charge in [0.15, 0.2) is 0 Å². The highest BCUT2D eigenvalue weighted by molar-refractivity contribution is 5.97. The van der Waals surface area contributed by atoms with E-state index in [9.17, 15) is 4.79 Å². The minimum atomic E-state index is -0.317. The summed E-state index contributed by atoms with van der Waals surface area (Å²) in [6.07, 6.45) is 7.05. The Morgan fingerprint density at radius 1 is 1.12 bits per heavy atom. The molecule has 0 unspecified atom stereocenters. The second-order valence-corrected chi connectivity index (χ2v) is 6.30. The van der Waals surface area contributed by atoms with Gasteiger partial charge >= 0.3 is 5.97 Å². The van der Waals surface area contributed by atoms with E-state index in [2.05, 4.69) is 40.7 Å². The molecule has 3 aromatic rings. The Morgan fingerprint density at radius 2 is 1.88 bits per heavy atom. The summed E-state index contributed by atoms with van der Waals surface area (Å²) in [5.74, 6) is 0.767. The summed E-state index contributed by atoms with van der Waals surface area (Å²) in [7, 11) is 1.41. The lowest BCUT2D eigenvalue weighted by Gasteiger charge is -2.10. The van der Waals surface area contributed by atoms with Crippen LogP contribution in [0.1, 0.15) is 41.5 Å². The highest BCUT2D eigenvalue weighted by Gasteiger charge is 2.12. The standard InChI is InChI=1S/C22H24N2O2/c1-3-4-14-24-15-13-23-21(24)16-17-9-11-18(12-10-17)19-7-5-6-8-20(19)22(25)26-2/h5-13,15H,3-4,14,16H2,1-2H3. The molecule has 1 aromatic heterocycles. The van der Waals surface area contributed by atoms with Gasteiger partial charge in [-0.15, -0.1) is 0 Å². The van der Waals surface area contributed by atoms with Crippen molar-refractivity contribution in [2.24, 2.45) is 0 Å². The van der Waals surface area contributed by atoms with Crippen LogP contribution in [0, 0.1) is 0 Å². The van der Waals surface area contributed by atoms with Gasteiger partial charge in [0.2, 0.25) is 0 Å². The molecule has 0 radical (unpaired) electrons. The molecular formula is C22H24N2O2. The Morgan fingerprint density at radius 3 is 2.62 bits per heavy atom. The zero-order valence-corrected chi connectivity index (χ0v) is 15.3. The maximum Gasteiger partial charge on any atom is 0.338 e. The molecule has 1 heterocycles. The number of ether oxygens (including phenoxy) is 1. The number of rotatable bonds is 7. The van der Waals surface area contributed by atoms with Crippen molar-refractivity contribution in [1.29, 1.82) is 0 Å². The van der Waals surface area contributed by atoms with Gasteiger partial charge in [0, 0.05) is 25.4 Å². The fourth-order valence-corrected chi connectivity index (χ4v) is 3.05. The first-order valence-corrected chi connectivity index (χ1v) is 8.99. The number of carbonyl (C=O) groups is 1. The number of imidazole rings is 1. The number of nitrogens with zero attached hydrogens (tertiary/aromatic N) is 2. The second kappa shape index (κ2) is 8.48. The average Bonchev–Trinajstić information content (AvgIpc) is 3.13. The number of methoxy groups -OCH3 is 1. The predicted molar refractivity (Wildman–Crippen MR) is 103 cm³/mol. The number of hydrogen-bond donors (Lipinski definition) is 0. The van der Waals surface area contributed by atoms with Crippen molar-refractivity contribution >= 4 is 5.97 Å². The van der Waals surface area contributed by atoms with Gasteiger partial charge in [-0.1, -0.05) is 55.8 Å². The van der Waals surface area contributed by atoms with Crippen molar-refractivity contribution in [1.82, 2.24) is 9.55 Å². The van der Waals surface area contributed by atoms with Crippen LogP contribution in [0.5, 0.6) is 0 Å². The quantitative estimate of drug-likeness (QED) is 0.580. The largest absolute Gasteiger partial charge is 0.465 e. The van der Waals surface area contributed by atoms with Crippen LogP contribution >= 0.6 is 0 Å². The van der Waals surface area contributed by atoms with E-state index >= 15 is 0 Å². The van der Waals surface area contributed by atoms with Crippen molar-refractivity contribution in [3.05, 3.63) is 77.9 Å². The van der Waals surface area contributed by atoms with E-state index in [0.717, 1.165) is 36.3 Å². The smallest absolute Gasteiger partial charge is 0.338 e. The fourth-order valence-electron chi connectivity index (χ4n) is 3.05. The zero-order chi connectivity index (χ0) is 18.4. The molecule has 26 heavy (non-hydrogen) atoms. The van der Waals surface area contributed by atoms with Gasteiger partial charge < -0.3 is 9.30 Å². The molecule has 0 bridgehead atoms. The lowest BCUT2D eigenvalue weighted by atomic mass is 9.98. The molecule has 0 aliphatic carbocycles. The summed E-state index contributed by atoms with van der Waals surface area (Å²) in [5.41, 5.74) is 3.67. The van der Waals surface area contributed by atoms with Gasteiger partial charge in [0.25, 0.3) is 0 Å². The molecule has 3 rings (SSSR count). The molecule has 0 fully saturated rings. The van der Waals surface area contributed by atoms with E-state index in [0.29, 0.717) is 5.56 Å². The van der Waals surface area contributed by atoms with Gasteiger partial charge in [-0.2, -0.15) is 0 Å². The van der Waals surface area contributed by atoms with E-state index in [1.165, 1.54) is 19.1 Å². The molecule has 134 valence electrons. The molecule has 0 saturated heterocycles. The number of unbranched alkanes of at least 4 members (excludes halogenated alkanes) is 1. The highest BCUT2D eigenvalue weighted by Crippen LogP contribution is 2.25. The van der Waals surface area contributed by atoms with E-state index in [1.807, 2.05) is 30.6 Å². The maximum atomic E-state index is 12.0. The molecule has 0 aliphatic heterocycles. The highest BCUT2D eigenvalue weighted by atomic mass is 16.5. The Bertz CT molecular complexity index is 866. The number of carbonyl (C=O) groups excluding carboxylic acids is 1. The van der Waals surface area contributed by atoms with Crippen molar-refractivity contribution in [2.75, 3.05) is 7.11 Å². The van der Waals surface area contributed by atoms with Gasteiger partial charge in [0.1, 0.15) is 5.82 Å². The van der Waals surface area contributed by atoms with E-state index < -0.39 is 0 Å². The van der Waals surface area contributed by atoms with Crippen LogP contribution < -0.4 is 0 Å². The van der Waals surface area contributed by atoms with Gasteiger partial charge in [0.05, 0.1) is 12.7 Å². The minimum Gasteiger partial charge on any atom is -0.465 e. The second-order valence-electron chi connectivity index (χ2n) is 6.30. The first-order chi connectivity index (χ1) is 12.7. The summed E-state index contributed by atoms with van der Waals surface area (Å²) < 4.78 is 7.11. The summed E-state index contributed by atoms with van der Waals surface area (Å²) in [6, 6.07) is 15.8. The summed E-state index contributed by atoms with van der Waals surface area (Å²) >= 11 is 0. The normalized spacial score (nSPS) is 10.7. The Labute approximate surface area is 154 Å². The van der Waals surface area contributed by atoms with Crippen LogP contribution in [0.15, 0.2) is 60.9 Å². The van der Waals surface area contributed by atoms with E-state index in [1.54, 1.807) is 6.07 Å². The molecule has 4 heteroatoms. The molecule has 2 aromatic carbocycles. The summed E-state index contributed by atoms with van der Waals surface area (Å²) in [6.45, 7) is 3.21. The topological polar surface area (TPSA) is 44.1 Å². The van der Waals surface area contributed by atoms with Crippen molar-refractivity contribution in [3.8, 4) is 11.1 Å². The van der Waals surface area contributed by atoms with Gasteiger partial charge in [-0.25, -0.2) is 9.78 Å². The van der Waals surface area contributed by atoms with Crippen molar-refractivity contribution in [3.63, 3.8) is 0 Å². The maximum absolute atomic E-state index is 12.0. The lowest BCUT2D eigenvalue weighted by molar-refractivity contribution is 0.0601. The minimum absolute atomic E-state index is 0.317. The lowest BCUT2D eigenvalue weighted by Crippen LogP contribution is -2.04. The first kappa shape index (κ1) is 17.9. The Balaban J connectivity index is 1.80. The molecule has 0 amide bonds. The van der Waals surface area contributed by atoms with Gasteiger partial charge in [-0.3, -0.25) is 0 Å². The molecule has 0 saturated carbocycles. The fraction of sp³-hybridized carbons (Fsp3) is 0.273. The molecular weight excluding hydrogens is 324 g/mol. The SMILES string of the molecule is CCCCn1ccnc1Cc1ccc(-c2ccccc2C(=O)OC)cc1. The molecule has 4 nitrogen and oxygen atoms in total. The van der Waals surface area contributed by atoms with Crippen LogP contribution in [0.3, 0.4) is 0 Å². The number of aryl methyl sites for hydroxylation is 1. The Kier molecular flexibility index (Phi) is 5.84. The monoisotopic (exact) mass is 348 g/mol. The summed E-state index contributed by atoms with van der Waals surface area (Å²) in [4.78, 5) is 16.5. The zero-order valence-electron chi connectivity index (χ0n) is 15.3. The third-order valence-corrected chi connectivity index (χ3v) is 4.51. The van der Waals surface area contributed by atoms with Crippen molar-refractivity contribution in [2.45, 2.75) is 32.7 Å². The molecule has 0 atom stereocenters. The average molecular weight is 348 g/mol. The summed E-state index contributed by atoms with van der Waals surface area (Å²) in [5, 5.41) is 0. The van der Waals surface area contributed by atoms with E-state index in [4.69, 9.17) is 4.74 Å². The first-order valence-electron chi connectivity index (χ1n) is 8.99. The molecule has 0 aliphatic rings. The van der Waals surface area contributed by atoms with Crippen LogP contribution in [-0.2, 0) is 17.7 Å². The number of aromatic nitrogens is 2. The molecule has 0 N–H and O–H groups in total. The number of benzene rings is 2. The van der Waals surface area contributed by atoms with Crippen LogP contribution in [0.2, 0.25) is 0 Å². The van der Waals surface area contributed by atoms with Crippen LogP contribution in [0.25, 0.3) is 11.1 Å².